The van der Waals surface area contributed by atoms with E-state index in [1.165, 1.54) is 11.8 Å². The third kappa shape index (κ3) is 8.38. The van der Waals surface area contributed by atoms with E-state index < -0.39 is 28.7 Å². The maximum absolute atomic E-state index is 12.1. The smallest absolute Gasteiger partial charge is 0.304 e. The second kappa shape index (κ2) is 10.2. The molecule has 0 saturated heterocycles. The average molecular weight is 399 g/mol. The van der Waals surface area contributed by atoms with Crippen molar-refractivity contribution in [3.63, 3.8) is 0 Å². The molecule has 8 heteroatoms. The van der Waals surface area contributed by atoms with E-state index in [9.17, 15) is 14.8 Å². The van der Waals surface area contributed by atoms with Gasteiger partial charge in [0.1, 0.15) is 11.8 Å². The molecule has 3 atom stereocenters. The fraction of sp³-hybridized carbons (Fsp3) is 0.632. The quantitative estimate of drug-likeness (QED) is 0.455. The van der Waals surface area contributed by atoms with Gasteiger partial charge in [-0.15, -0.1) is 4.91 Å². The molecule has 1 aliphatic rings. The second-order valence-electron chi connectivity index (χ2n) is 7.71. The number of aliphatic hydroxyl groups excluding tert-OH is 1. The zero-order chi connectivity index (χ0) is 20.7. The van der Waals surface area contributed by atoms with E-state index in [0.29, 0.717) is 5.75 Å². The molecular formula is C19H30N2O5S. The van der Waals surface area contributed by atoms with Gasteiger partial charge in [0, 0.05) is 21.6 Å². The van der Waals surface area contributed by atoms with Gasteiger partial charge < -0.3 is 14.6 Å². The fourth-order valence-corrected chi connectivity index (χ4v) is 3.59. The molecule has 0 radical (unpaired) electrons. The summed E-state index contributed by atoms with van der Waals surface area (Å²) < 4.78 is 9.89. The molecule has 152 valence electrons. The number of nitrogens with zero attached hydrogens (tertiary/aromatic N) is 1. The van der Waals surface area contributed by atoms with Gasteiger partial charge in [0.15, 0.2) is 0 Å². The van der Waals surface area contributed by atoms with Crippen molar-refractivity contribution in [1.29, 1.82) is 0 Å². The number of carbonyl (C=O) groups excluding carboxylic acids is 1. The lowest BCUT2D eigenvalue weighted by Crippen LogP contribution is -2.55. The first kappa shape index (κ1) is 23.6. The Morgan fingerprint density at radius 2 is 2.00 bits per heavy atom. The van der Waals surface area contributed by atoms with Crippen LogP contribution in [0.1, 0.15) is 34.6 Å². The van der Waals surface area contributed by atoms with E-state index in [4.69, 9.17) is 9.47 Å². The Hall–Kier alpha value is -1.48. The summed E-state index contributed by atoms with van der Waals surface area (Å²) in [5.41, 5.74) is -0.617. The van der Waals surface area contributed by atoms with Gasteiger partial charge in [0.2, 0.25) is 6.41 Å². The van der Waals surface area contributed by atoms with Crippen LogP contribution in [-0.2, 0) is 14.3 Å². The van der Waals surface area contributed by atoms with Gasteiger partial charge in [-0.3, -0.25) is 10.1 Å². The number of amides is 1. The SMILES string of the molecule is COC1=CC=CC(CSC(C)(C)[C@@H](N[C@H](O)OC(C)(C)C)C(=O)N=O)C=C1. The van der Waals surface area contributed by atoms with Gasteiger partial charge in [0.25, 0.3) is 0 Å². The van der Waals surface area contributed by atoms with E-state index in [-0.39, 0.29) is 5.92 Å². The van der Waals surface area contributed by atoms with Crippen LogP contribution in [-0.4, -0.2) is 46.7 Å². The molecule has 0 aromatic heterocycles. The number of hydrogen-bond donors (Lipinski definition) is 2. The van der Waals surface area contributed by atoms with Crippen LogP contribution in [0.25, 0.3) is 0 Å². The minimum atomic E-state index is -1.40. The Morgan fingerprint density at radius 1 is 1.33 bits per heavy atom. The molecule has 0 aromatic rings. The molecule has 2 N–H and O–H groups in total. The maximum atomic E-state index is 12.1. The van der Waals surface area contributed by atoms with E-state index >= 15 is 0 Å². The second-order valence-corrected chi connectivity index (χ2v) is 9.38. The molecule has 0 aromatic carbocycles. The number of rotatable bonds is 9. The van der Waals surface area contributed by atoms with E-state index in [1.807, 2.05) is 44.2 Å². The molecule has 0 saturated carbocycles. The first-order chi connectivity index (χ1) is 12.5. The molecule has 1 aliphatic carbocycles. The molecular weight excluding hydrogens is 368 g/mol. The third-order valence-electron chi connectivity index (χ3n) is 3.82. The van der Waals surface area contributed by atoms with Crippen LogP contribution >= 0.6 is 11.8 Å². The minimum Gasteiger partial charge on any atom is -0.497 e. The maximum Gasteiger partial charge on any atom is 0.304 e. The molecule has 1 unspecified atom stereocenters. The number of allylic oxidation sites excluding steroid dienone is 5. The van der Waals surface area contributed by atoms with Crippen molar-refractivity contribution in [2.75, 3.05) is 12.9 Å². The lowest BCUT2D eigenvalue weighted by molar-refractivity contribution is -0.187. The zero-order valence-corrected chi connectivity index (χ0v) is 17.6. The van der Waals surface area contributed by atoms with E-state index in [1.54, 1.807) is 27.9 Å². The normalized spacial score (nSPS) is 19.8. The highest BCUT2D eigenvalue weighted by Gasteiger charge is 2.38. The first-order valence-electron chi connectivity index (χ1n) is 8.72. The number of nitrogens with one attached hydrogen (secondary N) is 1. The van der Waals surface area contributed by atoms with Crippen LogP contribution in [0.2, 0.25) is 0 Å². The molecule has 0 heterocycles. The van der Waals surface area contributed by atoms with Gasteiger partial charge in [0.05, 0.1) is 12.7 Å². The number of hydrogen-bond acceptors (Lipinski definition) is 7. The van der Waals surface area contributed by atoms with Crippen molar-refractivity contribution in [1.82, 2.24) is 5.32 Å². The largest absolute Gasteiger partial charge is 0.497 e. The minimum absolute atomic E-state index is 0.133. The molecule has 0 bridgehead atoms. The number of methoxy groups -OCH3 is 1. The number of carbonyl (C=O) groups is 1. The highest BCUT2D eigenvalue weighted by Crippen LogP contribution is 2.32. The van der Waals surface area contributed by atoms with Crippen molar-refractivity contribution in [2.24, 2.45) is 11.1 Å². The molecule has 1 rings (SSSR count). The van der Waals surface area contributed by atoms with Crippen LogP contribution in [0.3, 0.4) is 0 Å². The monoisotopic (exact) mass is 398 g/mol. The highest BCUT2D eigenvalue weighted by atomic mass is 32.2. The summed E-state index contributed by atoms with van der Waals surface area (Å²) in [7, 11) is 1.61. The van der Waals surface area contributed by atoms with Gasteiger partial charge >= 0.3 is 5.91 Å². The van der Waals surface area contributed by atoms with Crippen LogP contribution in [0, 0.1) is 10.8 Å². The molecule has 0 aliphatic heterocycles. The van der Waals surface area contributed by atoms with Crippen LogP contribution in [0.4, 0.5) is 0 Å². The number of aliphatic hydroxyl groups is 1. The highest BCUT2D eigenvalue weighted by molar-refractivity contribution is 8.00. The van der Waals surface area contributed by atoms with Gasteiger partial charge in [-0.1, -0.05) is 18.2 Å². The standard InChI is InChI=1S/C19H30N2O5S/c1-18(2,3)26-17(23)20-15(16(22)21-24)19(4,5)27-12-13-8-7-9-14(25-6)11-10-13/h7-11,13,15,17,20,23H,12H2,1-6H3/t13?,15-,17+/m0/s1. The number of nitroso groups, excluding NO2 is 1. The third-order valence-corrected chi connectivity index (χ3v) is 5.35. The number of ether oxygens (including phenoxy) is 2. The Labute approximate surface area is 165 Å². The molecule has 27 heavy (non-hydrogen) atoms. The molecule has 1 amide bonds. The first-order valence-corrected chi connectivity index (χ1v) is 9.71. The summed E-state index contributed by atoms with van der Waals surface area (Å²) in [6.07, 6.45) is 8.34. The predicted molar refractivity (Wildman–Crippen MR) is 108 cm³/mol. The van der Waals surface area contributed by atoms with E-state index in [0.717, 1.165) is 5.76 Å². The zero-order valence-electron chi connectivity index (χ0n) is 16.8. The van der Waals surface area contributed by atoms with Crippen LogP contribution < -0.4 is 5.32 Å². The van der Waals surface area contributed by atoms with Crippen LogP contribution in [0.15, 0.2) is 41.3 Å². The van der Waals surface area contributed by atoms with Gasteiger partial charge in [-0.05, 0) is 46.8 Å². The fourth-order valence-electron chi connectivity index (χ4n) is 2.41. The lowest BCUT2D eigenvalue weighted by atomic mass is 10.0. The Bertz CT molecular complexity index is 608. The van der Waals surface area contributed by atoms with Gasteiger partial charge in [-0.2, -0.15) is 11.8 Å². The predicted octanol–water partition coefficient (Wildman–Crippen LogP) is 3.11. The molecule has 0 fully saturated rings. The van der Waals surface area contributed by atoms with Crippen molar-refractivity contribution in [3.05, 3.63) is 41.0 Å². The van der Waals surface area contributed by atoms with Crippen molar-refractivity contribution < 1.29 is 19.4 Å². The lowest BCUT2D eigenvalue weighted by Gasteiger charge is -2.35. The number of thioether (sulfide) groups is 1. The Balaban J connectivity index is 2.79. The van der Waals surface area contributed by atoms with E-state index in [2.05, 4.69) is 10.5 Å². The molecule has 7 nitrogen and oxygen atoms in total. The summed E-state index contributed by atoms with van der Waals surface area (Å²) >= 11 is 1.50. The van der Waals surface area contributed by atoms with Crippen LogP contribution in [0.5, 0.6) is 0 Å². The Kier molecular flexibility index (Phi) is 8.87. The van der Waals surface area contributed by atoms with Crippen molar-refractivity contribution >= 4 is 17.7 Å². The molecule has 0 spiro atoms. The average Bonchev–Trinajstić information content (AvgIpc) is 2.80. The summed E-state index contributed by atoms with van der Waals surface area (Å²) in [5, 5.41) is 15.3. The summed E-state index contributed by atoms with van der Waals surface area (Å²) in [6, 6.07) is -0.997. The summed E-state index contributed by atoms with van der Waals surface area (Å²) in [4.78, 5) is 22.9. The van der Waals surface area contributed by atoms with Crippen molar-refractivity contribution in [2.45, 2.75) is 57.4 Å². The topological polar surface area (TPSA) is 97.2 Å². The van der Waals surface area contributed by atoms with Crippen molar-refractivity contribution in [3.8, 4) is 0 Å². The Morgan fingerprint density at radius 3 is 2.56 bits per heavy atom. The summed E-state index contributed by atoms with van der Waals surface area (Å²) in [5.74, 6) is 0.694. The summed E-state index contributed by atoms with van der Waals surface area (Å²) in [6.45, 7) is 8.98. The van der Waals surface area contributed by atoms with Gasteiger partial charge in [-0.25, -0.2) is 0 Å².